The van der Waals surface area contributed by atoms with Crippen LogP contribution in [0.4, 0.5) is 5.69 Å². The van der Waals surface area contributed by atoms with Crippen molar-refractivity contribution in [1.29, 1.82) is 0 Å². The van der Waals surface area contributed by atoms with Crippen LogP contribution in [0.2, 0.25) is 0 Å². The van der Waals surface area contributed by atoms with Gasteiger partial charge in [-0.2, -0.15) is 0 Å². The zero-order chi connectivity index (χ0) is 13.8. The fourth-order valence-electron chi connectivity index (χ4n) is 1.84. The van der Waals surface area contributed by atoms with Crippen LogP contribution in [0, 0.1) is 16.0 Å². The summed E-state index contributed by atoms with van der Waals surface area (Å²) >= 11 is 0. The van der Waals surface area contributed by atoms with Gasteiger partial charge in [-0.25, -0.2) is 4.79 Å². The van der Waals surface area contributed by atoms with Crippen molar-refractivity contribution in [3.8, 4) is 5.75 Å². The van der Waals surface area contributed by atoms with Crippen molar-refractivity contribution in [1.82, 2.24) is 0 Å². The highest BCUT2D eigenvalue weighted by atomic mass is 16.6. The molecule has 1 aromatic carbocycles. The average molecular weight is 267 g/mol. The average Bonchev–Trinajstić information content (AvgIpc) is 2.89. The second kappa shape index (κ2) is 5.66. The van der Waals surface area contributed by atoms with E-state index in [4.69, 9.17) is 14.6 Å². The fourth-order valence-corrected chi connectivity index (χ4v) is 1.84. The normalized spacial score (nSPS) is 18.2. The molecule has 0 saturated carbocycles. The lowest BCUT2D eigenvalue weighted by atomic mass is 10.1. The van der Waals surface area contributed by atoms with Gasteiger partial charge in [-0.15, -0.1) is 0 Å². The maximum Gasteiger partial charge on any atom is 0.335 e. The molecule has 1 aliphatic heterocycles. The van der Waals surface area contributed by atoms with Gasteiger partial charge in [-0.3, -0.25) is 10.1 Å². The Morgan fingerprint density at radius 3 is 2.95 bits per heavy atom. The Kier molecular flexibility index (Phi) is 3.96. The molecule has 0 radical (unpaired) electrons. The Morgan fingerprint density at radius 2 is 2.37 bits per heavy atom. The number of carboxylic acid groups (broad SMARTS) is 1. The molecule has 7 nitrogen and oxygen atoms in total. The van der Waals surface area contributed by atoms with E-state index >= 15 is 0 Å². The van der Waals surface area contributed by atoms with Gasteiger partial charge in [-0.05, 0) is 18.6 Å². The van der Waals surface area contributed by atoms with Crippen LogP contribution in [0.15, 0.2) is 18.2 Å². The predicted octanol–water partition coefficient (Wildman–Crippen LogP) is 1.71. The quantitative estimate of drug-likeness (QED) is 0.644. The van der Waals surface area contributed by atoms with Crippen LogP contribution in [-0.2, 0) is 4.74 Å². The second-order valence-electron chi connectivity index (χ2n) is 4.29. The van der Waals surface area contributed by atoms with Gasteiger partial charge in [0.15, 0.2) is 5.75 Å². The fraction of sp³-hybridized carbons (Fsp3) is 0.417. The van der Waals surface area contributed by atoms with E-state index in [1.165, 1.54) is 12.1 Å². The largest absolute Gasteiger partial charge is 0.486 e. The van der Waals surface area contributed by atoms with Crippen LogP contribution in [0.25, 0.3) is 0 Å². The molecule has 1 aliphatic rings. The summed E-state index contributed by atoms with van der Waals surface area (Å²) in [6.45, 7) is 1.59. The third kappa shape index (κ3) is 3.19. The van der Waals surface area contributed by atoms with Crippen LogP contribution in [-0.4, -0.2) is 35.8 Å². The predicted molar refractivity (Wildman–Crippen MR) is 64.5 cm³/mol. The summed E-state index contributed by atoms with van der Waals surface area (Å²) in [7, 11) is 0. The lowest BCUT2D eigenvalue weighted by molar-refractivity contribution is -0.385. The van der Waals surface area contributed by atoms with Gasteiger partial charge in [-0.1, -0.05) is 0 Å². The van der Waals surface area contributed by atoms with Crippen molar-refractivity contribution in [3.05, 3.63) is 33.9 Å². The topological polar surface area (TPSA) is 98.9 Å². The molecule has 1 heterocycles. The van der Waals surface area contributed by atoms with Crippen LogP contribution in [0.1, 0.15) is 16.8 Å². The molecule has 0 amide bonds. The summed E-state index contributed by atoms with van der Waals surface area (Å²) in [4.78, 5) is 21.0. The van der Waals surface area contributed by atoms with E-state index < -0.39 is 10.9 Å². The molecule has 102 valence electrons. The second-order valence-corrected chi connectivity index (χ2v) is 4.29. The Balaban J connectivity index is 2.14. The summed E-state index contributed by atoms with van der Waals surface area (Å²) in [5.74, 6) is -0.903. The van der Waals surface area contributed by atoms with E-state index in [1.54, 1.807) is 0 Å². The smallest absolute Gasteiger partial charge is 0.335 e. The molecule has 1 unspecified atom stereocenters. The van der Waals surface area contributed by atoms with Crippen LogP contribution in [0.5, 0.6) is 5.75 Å². The van der Waals surface area contributed by atoms with Crippen LogP contribution >= 0.6 is 0 Å². The van der Waals surface area contributed by atoms with Crippen LogP contribution in [0.3, 0.4) is 0 Å². The van der Waals surface area contributed by atoms with Gasteiger partial charge in [0, 0.05) is 18.6 Å². The van der Waals surface area contributed by atoms with Crippen molar-refractivity contribution in [3.63, 3.8) is 0 Å². The number of nitrogens with zero attached hydrogens (tertiary/aromatic N) is 1. The summed E-state index contributed by atoms with van der Waals surface area (Å²) in [5, 5.41) is 19.7. The number of ether oxygens (including phenoxy) is 2. The molecule has 1 N–H and O–H groups in total. The lowest BCUT2D eigenvalue weighted by Gasteiger charge is -2.10. The standard InChI is InChI=1S/C12H13NO6/c14-12(15)9-1-2-11(10(5-9)13(16)17)19-7-8-3-4-18-6-8/h1-2,5,8H,3-4,6-7H2,(H,14,15). The maximum absolute atomic E-state index is 10.9. The van der Waals surface area contributed by atoms with Gasteiger partial charge in [0.05, 0.1) is 23.7 Å². The van der Waals surface area contributed by atoms with Gasteiger partial charge >= 0.3 is 11.7 Å². The molecule has 1 fully saturated rings. The molecule has 0 bridgehead atoms. The molecule has 0 aliphatic carbocycles. The van der Waals surface area contributed by atoms with Crippen molar-refractivity contribution < 1.29 is 24.3 Å². The molecule has 19 heavy (non-hydrogen) atoms. The highest BCUT2D eigenvalue weighted by molar-refractivity contribution is 5.88. The van der Waals surface area contributed by atoms with Crippen molar-refractivity contribution in [2.75, 3.05) is 19.8 Å². The first-order valence-corrected chi connectivity index (χ1v) is 5.80. The Hall–Kier alpha value is -2.15. The molecule has 2 rings (SSSR count). The molecule has 0 spiro atoms. The Bertz CT molecular complexity index is 495. The van der Waals surface area contributed by atoms with Crippen molar-refractivity contribution in [2.45, 2.75) is 6.42 Å². The number of hydrogen-bond donors (Lipinski definition) is 1. The first-order valence-electron chi connectivity index (χ1n) is 5.80. The van der Waals surface area contributed by atoms with Gasteiger partial charge in [0.25, 0.3) is 0 Å². The van der Waals surface area contributed by atoms with E-state index in [9.17, 15) is 14.9 Å². The number of nitro benzene ring substituents is 1. The highest BCUT2D eigenvalue weighted by Crippen LogP contribution is 2.29. The zero-order valence-corrected chi connectivity index (χ0v) is 10.1. The zero-order valence-electron chi connectivity index (χ0n) is 10.1. The number of nitro groups is 1. The molecule has 1 aromatic rings. The minimum Gasteiger partial charge on any atom is -0.486 e. The van der Waals surface area contributed by atoms with Gasteiger partial charge in [0.1, 0.15) is 0 Å². The van der Waals surface area contributed by atoms with E-state index in [0.29, 0.717) is 19.8 Å². The number of aromatic carboxylic acids is 1. The van der Waals surface area contributed by atoms with E-state index in [0.717, 1.165) is 12.5 Å². The summed E-state index contributed by atoms with van der Waals surface area (Å²) in [6.07, 6.45) is 0.862. The number of carbonyl (C=O) groups is 1. The van der Waals surface area contributed by atoms with Gasteiger partial charge in [0.2, 0.25) is 0 Å². The Morgan fingerprint density at radius 1 is 1.58 bits per heavy atom. The monoisotopic (exact) mass is 267 g/mol. The Labute approximate surface area is 108 Å². The minimum absolute atomic E-state index is 0.0851. The van der Waals surface area contributed by atoms with E-state index in [-0.39, 0.29) is 22.9 Å². The lowest BCUT2D eigenvalue weighted by Crippen LogP contribution is -2.12. The summed E-state index contributed by atoms with van der Waals surface area (Å²) in [5.41, 5.74) is -0.470. The number of hydrogen-bond acceptors (Lipinski definition) is 5. The first kappa shape index (κ1) is 13.3. The third-order valence-corrected chi connectivity index (χ3v) is 2.90. The van der Waals surface area contributed by atoms with Crippen molar-refractivity contribution in [2.24, 2.45) is 5.92 Å². The highest BCUT2D eigenvalue weighted by Gasteiger charge is 2.21. The summed E-state index contributed by atoms with van der Waals surface area (Å²) in [6, 6.07) is 3.61. The molecular weight excluding hydrogens is 254 g/mol. The summed E-state index contributed by atoms with van der Waals surface area (Å²) < 4.78 is 10.6. The maximum atomic E-state index is 10.9. The minimum atomic E-state index is -1.21. The molecular formula is C12H13NO6. The molecule has 0 aromatic heterocycles. The van der Waals surface area contributed by atoms with Crippen molar-refractivity contribution >= 4 is 11.7 Å². The number of rotatable bonds is 5. The van der Waals surface area contributed by atoms with Crippen LogP contribution < -0.4 is 4.74 Å². The molecule has 1 atom stereocenters. The van der Waals surface area contributed by atoms with Gasteiger partial charge < -0.3 is 14.6 Å². The molecule has 1 saturated heterocycles. The van der Waals surface area contributed by atoms with E-state index in [1.807, 2.05) is 0 Å². The number of benzene rings is 1. The van der Waals surface area contributed by atoms with E-state index in [2.05, 4.69) is 0 Å². The third-order valence-electron chi connectivity index (χ3n) is 2.90. The first-order chi connectivity index (χ1) is 9.08. The number of carboxylic acids is 1. The SMILES string of the molecule is O=C(O)c1ccc(OCC2CCOC2)c([N+](=O)[O-])c1. The molecule has 7 heteroatoms.